The molecule has 4 nitrogen and oxygen atoms in total. The minimum absolute atomic E-state index is 0.160. The third-order valence-corrected chi connectivity index (χ3v) is 3.74. The fourth-order valence-corrected chi connectivity index (χ4v) is 2.26. The average Bonchev–Trinajstić information content (AvgIpc) is 2.44. The minimum Gasteiger partial charge on any atom is -0.497 e. The highest BCUT2D eigenvalue weighted by Gasteiger charge is 2.24. The highest BCUT2D eigenvalue weighted by molar-refractivity contribution is 5.28. The fraction of sp³-hybridized carbons (Fsp3) is 0.625. The van der Waals surface area contributed by atoms with Gasteiger partial charge in [0.05, 0.1) is 12.7 Å². The summed E-state index contributed by atoms with van der Waals surface area (Å²) in [5, 5.41) is 0. The molecule has 0 aromatic heterocycles. The molecule has 0 bridgehead atoms. The van der Waals surface area contributed by atoms with Crippen molar-refractivity contribution in [3.05, 3.63) is 29.8 Å². The Kier molecular flexibility index (Phi) is 6.46. The van der Waals surface area contributed by atoms with Crippen molar-refractivity contribution in [1.29, 1.82) is 0 Å². The van der Waals surface area contributed by atoms with Gasteiger partial charge in [-0.15, -0.1) is 0 Å². The van der Waals surface area contributed by atoms with Crippen LogP contribution in [-0.2, 0) is 11.3 Å². The van der Waals surface area contributed by atoms with Gasteiger partial charge in [0.2, 0.25) is 0 Å². The maximum absolute atomic E-state index is 5.92. The van der Waals surface area contributed by atoms with Crippen molar-refractivity contribution >= 4 is 0 Å². The van der Waals surface area contributed by atoms with Crippen LogP contribution >= 0.6 is 0 Å². The van der Waals surface area contributed by atoms with E-state index in [1.807, 2.05) is 12.1 Å². The van der Waals surface area contributed by atoms with Gasteiger partial charge in [-0.25, -0.2) is 0 Å². The lowest BCUT2D eigenvalue weighted by Crippen LogP contribution is -2.43. The molecule has 0 aliphatic rings. The number of hydrogen-bond acceptors (Lipinski definition) is 4. The zero-order valence-electron chi connectivity index (χ0n) is 13.3. The summed E-state index contributed by atoms with van der Waals surface area (Å²) in [5.41, 5.74) is 6.99. The van der Waals surface area contributed by atoms with E-state index in [0.717, 1.165) is 18.7 Å². The molecular formula is C16H28N2O2. The van der Waals surface area contributed by atoms with Crippen LogP contribution in [0.5, 0.6) is 5.75 Å². The molecule has 0 amide bonds. The van der Waals surface area contributed by atoms with E-state index in [-0.39, 0.29) is 11.6 Å². The molecule has 20 heavy (non-hydrogen) atoms. The monoisotopic (exact) mass is 280 g/mol. The Morgan fingerprint density at radius 1 is 1.30 bits per heavy atom. The van der Waals surface area contributed by atoms with Gasteiger partial charge in [0.1, 0.15) is 5.75 Å². The molecule has 0 fully saturated rings. The van der Waals surface area contributed by atoms with Crippen LogP contribution in [0.3, 0.4) is 0 Å². The predicted octanol–water partition coefficient (Wildman–Crippen LogP) is 2.27. The SMILES string of the molecule is COc1cccc(CN(C)C(CN)CC(C)(C)OC)c1. The third kappa shape index (κ3) is 5.12. The van der Waals surface area contributed by atoms with E-state index in [4.69, 9.17) is 15.2 Å². The van der Waals surface area contributed by atoms with Crippen LogP contribution in [-0.4, -0.2) is 44.4 Å². The Balaban J connectivity index is 2.69. The Bertz CT molecular complexity index is 407. The number of nitrogens with zero attached hydrogens (tertiary/aromatic N) is 1. The molecule has 0 radical (unpaired) electrons. The molecule has 1 aromatic carbocycles. The second kappa shape index (κ2) is 7.62. The second-order valence-corrected chi connectivity index (χ2v) is 5.82. The molecular weight excluding hydrogens is 252 g/mol. The van der Waals surface area contributed by atoms with Crippen LogP contribution in [0.4, 0.5) is 0 Å². The molecule has 0 saturated heterocycles. The lowest BCUT2D eigenvalue weighted by molar-refractivity contribution is -0.00539. The van der Waals surface area contributed by atoms with Crippen molar-refractivity contribution in [3.8, 4) is 5.75 Å². The summed E-state index contributed by atoms with van der Waals surface area (Å²) in [7, 11) is 5.53. The lowest BCUT2D eigenvalue weighted by atomic mass is 9.97. The molecule has 0 aliphatic carbocycles. The Labute approximate surface area is 122 Å². The first-order valence-corrected chi connectivity index (χ1v) is 7.00. The van der Waals surface area contributed by atoms with E-state index in [2.05, 4.69) is 37.9 Å². The van der Waals surface area contributed by atoms with E-state index in [0.29, 0.717) is 6.54 Å². The van der Waals surface area contributed by atoms with Crippen molar-refractivity contribution in [2.24, 2.45) is 5.73 Å². The van der Waals surface area contributed by atoms with Crippen molar-refractivity contribution in [2.45, 2.75) is 38.5 Å². The maximum atomic E-state index is 5.92. The molecule has 0 spiro atoms. The van der Waals surface area contributed by atoms with Gasteiger partial charge in [-0.2, -0.15) is 0 Å². The number of ether oxygens (including phenoxy) is 2. The number of rotatable bonds is 8. The van der Waals surface area contributed by atoms with Gasteiger partial charge in [-0.3, -0.25) is 4.90 Å². The molecule has 0 aliphatic heterocycles. The maximum Gasteiger partial charge on any atom is 0.119 e. The molecule has 1 unspecified atom stereocenters. The van der Waals surface area contributed by atoms with E-state index < -0.39 is 0 Å². The summed E-state index contributed by atoms with van der Waals surface area (Å²) < 4.78 is 10.8. The van der Waals surface area contributed by atoms with Gasteiger partial charge >= 0.3 is 0 Å². The van der Waals surface area contributed by atoms with Crippen LogP contribution < -0.4 is 10.5 Å². The first-order valence-electron chi connectivity index (χ1n) is 7.00. The molecule has 1 aromatic rings. The first kappa shape index (κ1) is 17.0. The summed E-state index contributed by atoms with van der Waals surface area (Å²) >= 11 is 0. The third-order valence-electron chi connectivity index (χ3n) is 3.74. The topological polar surface area (TPSA) is 47.7 Å². The Morgan fingerprint density at radius 2 is 2.00 bits per heavy atom. The molecule has 1 atom stereocenters. The molecule has 1 rings (SSSR count). The van der Waals surface area contributed by atoms with E-state index >= 15 is 0 Å². The molecule has 0 heterocycles. The minimum atomic E-state index is -0.160. The van der Waals surface area contributed by atoms with E-state index in [1.165, 1.54) is 5.56 Å². The number of hydrogen-bond donors (Lipinski definition) is 1. The quantitative estimate of drug-likeness (QED) is 0.793. The Hall–Kier alpha value is -1.10. The number of nitrogens with two attached hydrogens (primary N) is 1. The molecule has 114 valence electrons. The largest absolute Gasteiger partial charge is 0.497 e. The van der Waals surface area contributed by atoms with Crippen LogP contribution in [0.25, 0.3) is 0 Å². The second-order valence-electron chi connectivity index (χ2n) is 5.82. The van der Waals surface area contributed by atoms with Gasteiger partial charge in [0.25, 0.3) is 0 Å². The van der Waals surface area contributed by atoms with Crippen LogP contribution in [0.15, 0.2) is 24.3 Å². The average molecular weight is 280 g/mol. The highest BCUT2D eigenvalue weighted by atomic mass is 16.5. The predicted molar refractivity (Wildman–Crippen MR) is 83.0 cm³/mol. The van der Waals surface area contributed by atoms with Gasteiger partial charge in [-0.05, 0) is 45.0 Å². The summed E-state index contributed by atoms with van der Waals surface area (Å²) in [6, 6.07) is 8.42. The molecule has 2 N–H and O–H groups in total. The zero-order chi connectivity index (χ0) is 15.2. The standard InChI is InChI=1S/C16H28N2O2/c1-16(2,20-5)10-14(11-17)18(3)12-13-7-6-8-15(9-13)19-4/h6-9,14H,10-12,17H2,1-5H3. The van der Waals surface area contributed by atoms with E-state index in [1.54, 1.807) is 14.2 Å². The number of likely N-dealkylation sites (N-methyl/N-ethyl adjacent to an activating group) is 1. The van der Waals surface area contributed by atoms with Crippen molar-refractivity contribution in [1.82, 2.24) is 4.90 Å². The van der Waals surface area contributed by atoms with E-state index in [9.17, 15) is 0 Å². The Morgan fingerprint density at radius 3 is 2.55 bits per heavy atom. The summed E-state index contributed by atoms with van der Waals surface area (Å²) in [6.07, 6.45) is 0.903. The first-order chi connectivity index (χ1) is 9.41. The molecule has 4 heteroatoms. The van der Waals surface area contributed by atoms with Crippen LogP contribution in [0.1, 0.15) is 25.8 Å². The lowest BCUT2D eigenvalue weighted by Gasteiger charge is -2.33. The number of methoxy groups -OCH3 is 2. The normalized spacial score (nSPS) is 13.6. The summed E-state index contributed by atoms with van der Waals surface area (Å²) in [5.74, 6) is 0.886. The molecule has 0 saturated carbocycles. The van der Waals surface area contributed by atoms with Crippen LogP contribution in [0.2, 0.25) is 0 Å². The van der Waals surface area contributed by atoms with Crippen molar-refractivity contribution < 1.29 is 9.47 Å². The summed E-state index contributed by atoms with van der Waals surface area (Å²) in [6.45, 7) is 5.65. The van der Waals surface area contributed by atoms with Crippen molar-refractivity contribution in [3.63, 3.8) is 0 Å². The van der Waals surface area contributed by atoms with Gasteiger partial charge in [0.15, 0.2) is 0 Å². The number of benzene rings is 1. The summed E-state index contributed by atoms with van der Waals surface area (Å²) in [4.78, 5) is 2.27. The van der Waals surface area contributed by atoms with Crippen LogP contribution in [0, 0.1) is 0 Å². The van der Waals surface area contributed by atoms with Gasteiger partial charge < -0.3 is 15.2 Å². The van der Waals surface area contributed by atoms with Crippen molar-refractivity contribution in [2.75, 3.05) is 27.8 Å². The van der Waals surface area contributed by atoms with Gasteiger partial charge in [-0.1, -0.05) is 12.1 Å². The highest BCUT2D eigenvalue weighted by Crippen LogP contribution is 2.20. The smallest absolute Gasteiger partial charge is 0.119 e. The zero-order valence-corrected chi connectivity index (χ0v) is 13.3. The fourth-order valence-electron chi connectivity index (χ4n) is 2.26. The van der Waals surface area contributed by atoms with Gasteiger partial charge in [0, 0.05) is 26.2 Å².